The van der Waals surface area contributed by atoms with E-state index >= 15 is 0 Å². The molecular formula is C17H26N2O2. The molecule has 1 N–H and O–H groups in total. The summed E-state index contributed by atoms with van der Waals surface area (Å²) in [7, 11) is 1.97. The van der Waals surface area contributed by atoms with Crippen LogP contribution in [0, 0.1) is 0 Å². The summed E-state index contributed by atoms with van der Waals surface area (Å²) < 4.78 is 5.62. The van der Waals surface area contributed by atoms with Gasteiger partial charge in [-0.05, 0) is 39.8 Å². The van der Waals surface area contributed by atoms with Crippen LogP contribution in [0.3, 0.4) is 0 Å². The first-order valence-corrected chi connectivity index (χ1v) is 7.88. The van der Waals surface area contributed by atoms with Gasteiger partial charge in [-0.3, -0.25) is 9.78 Å². The molecule has 1 aliphatic rings. The van der Waals surface area contributed by atoms with E-state index in [-0.39, 0.29) is 17.4 Å². The second kappa shape index (κ2) is 7.03. The van der Waals surface area contributed by atoms with Crippen LogP contribution in [0.4, 0.5) is 0 Å². The fourth-order valence-electron chi connectivity index (χ4n) is 3.06. The van der Waals surface area contributed by atoms with Gasteiger partial charge in [-0.25, -0.2) is 0 Å². The fraction of sp³-hybridized carbons (Fsp3) is 0.647. The van der Waals surface area contributed by atoms with Crippen LogP contribution in [-0.2, 0) is 0 Å². The Balaban J connectivity index is 2.08. The van der Waals surface area contributed by atoms with Crippen molar-refractivity contribution in [3.63, 3.8) is 0 Å². The summed E-state index contributed by atoms with van der Waals surface area (Å²) in [5.41, 5.74) is 0.609. The number of Topliss-reactive ketones (excluding diaryl/α,β-unsaturated/α-hetero) is 1. The number of carbonyl (C=O) groups is 1. The van der Waals surface area contributed by atoms with Crippen LogP contribution in [-0.4, -0.2) is 29.5 Å². The largest absolute Gasteiger partial charge is 0.489 e. The summed E-state index contributed by atoms with van der Waals surface area (Å²) in [6.07, 6.45) is 9.74. The molecule has 116 valence electrons. The topological polar surface area (TPSA) is 51.2 Å². The Bertz CT molecular complexity index is 479. The van der Waals surface area contributed by atoms with Crippen molar-refractivity contribution in [2.45, 2.75) is 64.0 Å². The van der Waals surface area contributed by atoms with Crippen LogP contribution < -0.4 is 10.1 Å². The van der Waals surface area contributed by atoms with Crippen LogP contribution in [0.25, 0.3) is 0 Å². The standard InChI is InChI=1S/C17H26N2O2/c1-13(2)21-15-9-14(11-19-12-15)16(20)10-17(18-3)7-5-4-6-8-17/h9,11-13,18H,4-8,10H2,1-3H3. The van der Waals surface area contributed by atoms with E-state index in [0.717, 1.165) is 12.8 Å². The molecule has 1 saturated carbocycles. The summed E-state index contributed by atoms with van der Waals surface area (Å²) in [5, 5.41) is 3.39. The lowest BCUT2D eigenvalue weighted by molar-refractivity contribution is 0.0913. The number of carbonyl (C=O) groups excluding carboxylic acids is 1. The van der Waals surface area contributed by atoms with Gasteiger partial charge in [0.05, 0.1) is 12.3 Å². The Kier molecular flexibility index (Phi) is 5.34. The smallest absolute Gasteiger partial charge is 0.166 e. The minimum absolute atomic E-state index is 0.0375. The van der Waals surface area contributed by atoms with Crippen molar-refractivity contribution in [2.75, 3.05) is 7.05 Å². The van der Waals surface area contributed by atoms with Crippen LogP contribution in [0.5, 0.6) is 5.75 Å². The number of aromatic nitrogens is 1. The Morgan fingerprint density at radius 3 is 2.67 bits per heavy atom. The number of nitrogens with one attached hydrogen (secondary N) is 1. The van der Waals surface area contributed by atoms with Gasteiger partial charge in [0.2, 0.25) is 0 Å². The molecule has 0 spiro atoms. The molecule has 0 bridgehead atoms. The molecule has 0 saturated heterocycles. The first-order chi connectivity index (χ1) is 10.0. The molecule has 0 radical (unpaired) electrons. The number of ether oxygens (including phenoxy) is 1. The van der Waals surface area contributed by atoms with Gasteiger partial charge in [-0.15, -0.1) is 0 Å². The molecule has 2 rings (SSSR count). The highest BCUT2D eigenvalue weighted by Gasteiger charge is 2.32. The molecule has 4 heteroatoms. The zero-order valence-corrected chi connectivity index (χ0v) is 13.3. The highest BCUT2D eigenvalue weighted by molar-refractivity contribution is 5.96. The van der Waals surface area contributed by atoms with E-state index in [9.17, 15) is 4.79 Å². The molecule has 1 heterocycles. The zero-order valence-electron chi connectivity index (χ0n) is 13.3. The highest BCUT2D eigenvalue weighted by atomic mass is 16.5. The molecule has 0 unspecified atom stereocenters. The summed E-state index contributed by atoms with van der Waals surface area (Å²) in [4.78, 5) is 16.7. The lowest BCUT2D eigenvalue weighted by Crippen LogP contribution is -2.46. The molecule has 1 aromatic rings. The number of hydrogen-bond acceptors (Lipinski definition) is 4. The number of hydrogen-bond donors (Lipinski definition) is 1. The van der Waals surface area contributed by atoms with Gasteiger partial charge in [0, 0.05) is 23.7 Å². The molecule has 0 amide bonds. The Hall–Kier alpha value is -1.42. The maximum atomic E-state index is 12.6. The van der Waals surface area contributed by atoms with Crippen LogP contribution in [0.2, 0.25) is 0 Å². The predicted octanol–water partition coefficient (Wildman–Crippen LogP) is 3.36. The Morgan fingerprint density at radius 2 is 2.05 bits per heavy atom. The van der Waals surface area contributed by atoms with Crippen molar-refractivity contribution >= 4 is 5.78 Å². The second-order valence-corrected chi connectivity index (χ2v) is 6.27. The lowest BCUT2D eigenvalue weighted by Gasteiger charge is -2.36. The monoisotopic (exact) mass is 290 g/mol. The Labute approximate surface area is 127 Å². The zero-order chi connectivity index (χ0) is 15.3. The average Bonchev–Trinajstić information content (AvgIpc) is 2.48. The third-order valence-electron chi connectivity index (χ3n) is 4.25. The van der Waals surface area contributed by atoms with E-state index in [1.807, 2.05) is 27.0 Å². The molecule has 1 aliphatic carbocycles. The van der Waals surface area contributed by atoms with Crippen LogP contribution in [0.1, 0.15) is 62.7 Å². The van der Waals surface area contributed by atoms with E-state index in [2.05, 4.69) is 10.3 Å². The van der Waals surface area contributed by atoms with Crippen LogP contribution in [0.15, 0.2) is 18.5 Å². The highest BCUT2D eigenvalue weighted by Crippen LogP contribution is 2.32. The van der Waals surface area contributed by atoms with Crippen LogP contribution >= 0.6 is 0 Å². The third kappa shape index (κ3) is 4.27. The number of rotatable bonds is 6. The molecule has 4 nitrogen and oxygen atoms in total. The summed E-state index contributed by atoms with van der Waals surface area (Å²) >= 11 is 0. The Morgan fingerprint density at radius 1 is 1.33 bits per heavy atom. The molecule has 1 aromatic heterocycles. The third-order valence-corrected chi connectivity index (χ3v) is 4.25. The minimum atomic E-state index is -0.0375. The van der Waals surface area contributed by atoms with Crippen molar-refractivity contribution in [2.24, 2.45) is 0 Å². The molecule has 0 aromatic carbocycles. The van der Waals surface area contributed by atoms with Crippen molar-refractivity contribution in [1.29, 1.82) is 0 Å². The number of ketones is 1. The van der Waals surface area contributed by atoms with Gasteiger partial charge >= 0.3 is 0 Å². The first kappa shape index (κ1) is 16.0. The van der Waals surface area contributed by atoms with E-state index in [4.69, 9.17) is 4.74 Å². The molecule has 0 aliphatic heterocycles. The summed E-state index contributed by atoms with van der Waals surface area (Å²) in [6, 6.07) is 1.81. The van der Waals surface area contributed by atoms with Gasteiger partial charge in [0.25, 0.3) is 0 Å². The predicted molar refractivity (Wildman–Crippen MR) is 83.8 cm³/mol. The van der Waals surface area contributed by atoms with Crippen molar-refractivity contribution in [1.82, 2.24) is 10.3 Å². The van der Waals surface area contributed by atoms with E-state index in [1.165, 1.54) is 19.3 Å². The average molecular weight is 290 g/mol. The SMILES string of the molecule is CNC1(CC(=O)c2cncc(OC(C)C)c2)CCCCC1. The maximum absolute atomic E-state index is 12.6. The van der Waals surface area contributed by atoms with E-state index in [1.54, 1.807) is 12.4 Å². The number of nitrogens with zero attached hydrogens (tertiary/aromatic N) is 1. The van der Waals surface area contributed by atoms with E-state index < -0.39 is 0 Å². The van der Waals surface area contributed by atoms with Crippen molar-refractivity contribution in [3.05, 3.63) is 24.0 Å². The minimum Gasteiger partial charge on any atom is -0.489 e. The first-order valence-electron chi connectivity index (χ1n) is 7.88. The van der Waals surface area contributed by atoms with E-state index in [0.29, 0.717) is 17.7 Å². The second-order valence-electron chi connectivity index (χ2n) is 6.27. The van der Waals surface area contributed by atoms with Crippen molar-refractivity contribution in [3.8, 4) is 5.75 Å². The maximum Gasteiger partial charge on any atom is 0.166 e. The lowest BCUT2D eigenvalue weighted by atomic mass is 9.77. The van der Waals surface area contributed by atoms with Gasteiger partial charge in [0.1, 0.15) is 5.75 Å². The van der Waals surface area contributed by atoms with Gasteiger partial charge < -0.3 is 10.1 Å². The van der Waals surface area contributed by atoms with Gasteiger partial charge in [-0.2, -0.15) is 0 Å². The fourth-order valence-corrected chi connectivity index (χ4v) is 3.06. The molecule has 0 atom stereocenters. The van der Waals surface area contributed by atoms with Crippen molar-refractivity contribution < 1.29 is 9.53 Å². The summed E-state index contributed by atoms with van der Waals surface area (Å²) in [6.45, 7) is 3.93. The number of pyridine rings is 1. The van der Waals surface area contributed by atoms with Gasteiger partial charge in [-0.1, -0.05) is 19.3 Å². The molecule has 1 fully saturated rings. The van der Waals surface area contributed by atoms with Gasteiger partial charge in [0.15, 0.2) is 5.78 Å². The summed E-state index contributed by atoms with van der Waals surface area (Å²) in [5.74, 6) is 0.811. The normalized spacial score (nSPS) is 17.7. The molecular weight excluding hydrogens is 264 g/mol. The quantitative estimate of drug-likeness (QED) is 0.816. The molecule has 21 heavy (non-hydrogen) atoms.